The van der Waals surface area contributed by atoms with Crippen molar-refractivity contribution in [2.45, 2.75) is 102 Å². The molecule has 0 fully saturated rings. The third kappa shape index (κ3) is 18.1. The van der Waals surface area contributed by atoms with E-state index in [1.165, 1.54) is 12.8 Å². The fourth-order valence-corrected chi connectivity index (χ4v) is 3.69. The van der Waals surface area contributed by atoms with Crippen molar-refractivity contribution < 1.29 is 69.5 Å². The predicted molar refractivity (Wildman–Crippen MR) is 90.9 cm³/mol. The minimum absolute atomic E-state index is 0. The van der Waals surface area contributed by atoms with E-state index in [2.05, 4.69) is 6.92 Å². The maximum Gasteiger partial charge on any atom is 1.00 e. The first-order chi connectivity index (χ1) is 10.5. The summed E-state index contributed by atoms with van der Waals surface area (Å²) in [6.07, 6.45) is 13.5. The van der Waals surface area contributed by atoms with E-state index in [1.807, 2.05) is 0 Å². The van der Waals surface area contributed by atoms with Crippen LogP contribution in [0.3, 0.4) is 0 Å². The number of aliphatic hydroxyl groups is 1. The second-order valence-electron chi connectivity index (χ2n) is 6.30. The van der Waals surface area contributed by atoms with Crippen molar-refractivity contribution in [3.63, 3.8) is 0 Å². The molecule has 0 aliphatic carbocycles. The summed E-state index contributed by atoms with van der Waals surface area (Å²) in [5, 5.41) is 8.00. The van der Waals surface area contributed by atoms with E-state index in [0.29, 0.717) is 12.8 Å². The Morgan fingerprint density at radius 1 is 0.783 bits per heavy atom. The zero-order chi connectivity index (χ0) is 16.7. The molecule has 0 saturated carbocycles. The van der Waals surface area contributed by atoms with E-state index < -0.39 is 15.4 Å². The fraction of sp³-hybridized carbons (Fsp3) is 1.00. The number of aliphatic hydroxyl groups excluding tert-OH is 1. The van der Waals surface area contributed by atoms with Gasteiger partial charge in [-0.25, -0.2) is 8.42 Å². The van der Waals surface area contributed by atoms with E-state index in [0.717, 1.165) is 64.2 Å². The van der Waals surface area contributed by atoms with Gasteiger partial charge in [0.2, 0.25) is 0 Å². The molecule has 0 amide bonds. The minimum atomic E-state index is -4.14. The summed E-state index contributed by atoms with van der Waals surface area (Å²) in [4.78, 5) is 0. The molecule has 4 nitrogen and oxygen atoms in total. The van der Waals surface area contributed by atoms with Gasteiger partial charge in [0.05, 0.1) is 10.1 Å². The van der Waals surface area contributed by atoms with Crippen LogP contribution < -0.4 is 51.4 Å². The van der Waals surface area contributed by atoms with E-state index in [4.69, 9.17) is 5.11 Å². The second-order valence-corrected chi connectivity index (χ2v) is 7.96. The van der Waals surface area contributed by atoms with Crippen LogP contribution in [0.1, 0.15) is 96.8 Å². The molecule has 0 aromatic rings. The molecule has 6 heteroatoms. The van der Waals surface area contributed by atoms with Crippen molar-refractivity contribution >= 4 is 10.1 Å². The van der Waals surface area contributed by atoms with Crippen LogP contribution in [0.4, 0.5) is 0 Å². The number of unbranched alkanes of at least 4 members (excludes halogenated alkanes) is 10. The maximum absolute atomic E-state index is 11.3. The van der Waals surface area contributed by atoms with Gasteiger partial charge in [-0.2, -0.15) is 0 Å². The topological polar surface area (TPSA) is 77.4 Å². The van der Waals surface area contributed by atoms with Gasteiger partial charge < -0.3 is 9.66 Å². The molecule has 1 atom stereocenters. The van der Waals surface area contributed by atoms with Gasteiger partial charge in [0.1, 0.15) is 0 Å². The Balaban J connectivity index is 0. The second kappa shape index (κ2) is 18.3. The average Bonchev–Trinajstić information content (AvgIpc) is 2.46. The van der Waals surface area contributed by atoms with Crippen LogP contribution in [0.5, 0.6) is 0 Å². The zero-order valence-electron chi connectivity index (χ0n) is 15.3. The van der Waals surface area contributed by atoms with Crippen molar-refractivity contribution in [3.8, 4) is 0 Å². The van der Waals surface area contributed by atoms with Crippen molar-refractivity contribution in [1.82, 2.24) is 0 Å². The molecule has 134 valence electrons. The Labute approximate surface area is 186 Å². The van der Waals surface area contributed by atoms with E-state index >= 15 is 0 Å². The van der Waals surface area contributed by atoms with Crippen LogP contribution >= 0.6 is 0 Å². The molecule has 0 radical (unpaired) electrons. The Morgan fingerprint density at radius 3 is 1.57 bits per heavy atom. The van der Waals surface area contributed by atoms with Crippen LogP contribution in [-0.4, -0.2) is 29.9 Å². The van der Waals surface area contributed by atoms with E-state index in [-0.39, 0.29) is 58.0 Å². The van der Waals surface area contributed by atoms with Crippen molar-refractivity contribution in [1.29, 1.82) is 0 Å². The summed E-state index contributed by atoms with van der Waals surface area (Å²) < 4.78 is 33.9. The third-order valence-corrected chi connectivity index (χ3v) is 5.51. The number of hydrogen-bond acceptors (Lipinski definition) is 4. The molecule has 0 spiro atoms. The smallest absolute Gasteiger partial charge is 0.748 e. The zero-order valence-corrected chi connectivity index (χ0v) is 19.2. The van der Waals surface area contributed by atoms with E-state index in [9.17, 15) is 13.0 Å². The molecule has 0 aliphatic rings. The summed E-state index contributed by atoms with van der Waals surface area (Å²) in [7, 11) is -4.14. The van der Waals surface area contributed by atoms with Gasteiger partial charge in [-0.3, -0.25) is 0 Å². The summed E-state index contributed by atoms with van der Waals surface area (Å²) in [6.45, 7) is 2.41. The van der Waals surface area contributed by atoms with Gasteiger partial charge in [0.15, 0.2) is 0 Å². The van der Waals surface area contributed by atoms with Crippen molar-refractivity contribution in [3.05, 3.63) is 0 Å². The Bertz CT molecular complexity index is 333. The third-order valence-electron chi connectivity index (χ3n) is 4.22. The molecule has 0 aromatic carbocycles. The normalized spacial score (nSPS) is 12.8. The summed E-state index contributed by atoms with van der Waals surface area (Å²) in [6, 6.07) is 0. The van der Waals surface area contributed by atoms with Crippen LogP contribution in [0.25, 0.3) is 0 Å². The predicted octanol–water partition coefficient (Wildman–Crippen LogP) is 1.38. The SMILES string of the molecule is CCCCCCCC(CCCCCCCCCO)S(=O)(=O)[O-].[K+]. The summed E-state index contributed by atoms with van der Waals surface area (Å²) in [5.74, 6) is 0. The van der Waals surface area contributed by atoms with Crippen molar-refractivity contribution in [2.75, 3.05) is 6.61 Å². The Morgan fingerprint density at radius 2 is 1.17 bits per heavy atom. The molecule has 0 rings (SSSR count). The first-order valence-corrected chi connectivity index (χ1v) is 10.5. The average molecular weight is 375 g/mol. The van der Waals surface area contributed by atoms with Crippen LogP contribution in [0.15, 0.2) is 0 Å². The molecule has 23 heavy (non-hydrogen) atoms. The molecule has 1 unspecified atom stereocenters. The Hall–Kier alpha value is 1.51. The molecule has 1 N–H and O–H groups in total. The molecule has 0 aromatic heterocycles. The van der Waals surface area contributed by atoms with Gasteiger partial charge in [-0.15, -0.1) is 0 Å². The van der Waals surface area contributed by atoms with Crippen molar-refractivity contribution in [2.24, 2.45) is 0 Å². The first-order valence-electron chi connectivity index (χ1n) is 9.08. The molecule has 0 bridgehead atoms. The van der Waals surface area contributed by atoms with Gasteiger partial charge in [-0.05, 0) is 19.3 Å². The quantitative estimate of drug-likeness (QED) is 0.251. The molecular weight excluding hydrogens is 339 g/mol. The monoisotopic (exact) mass is 374 g/mol. The standard InChI is InChI=1S/C17H36O4S.K/c1-2-3-4-8-11-14-17(22(19,20)21)15-12-9-6-5-7-10-13-16-18;/h17-18H,2-16H2,1H3,(H,19,20,21);/q;+1/p-1. The van der Waals surface area contributed by atoms with Crippen LogP contribution in [-0.2, 0) is 10.1 Å². The summed E-state index contributed by atoms with van der Waals surface area (Å²) in [5.41, 5.74) is 0. The van der Waals surface area contributed by atoms with Gasteiger partial charge in [0.25, 0.3) is 0 Å². The van der Waals surface area contributed by atoms with Gasteiger partial charge in [0, 0.05) is 11.9 Å². The molecule has 0 saturated heterocycles. The Kier molecular flexibility index (Phi) is 21.3. The molecule has 0 aliphatic heterocycles. The maximum atomic E-state index is 11.3. The number of hydrogen-bond donors (Lipinski definition) is 1. The fourth-order valence-electron chi connectivity index (χ4n) is 2.78. The van der Waals surface area contributed by atoms with Crippen LogP contribution in [0.2, 0.25) is 0 Å². The molecule has 0 heterocycles. The summed E-state index contributed by atoms with van der Waals surface area (Å²) >= 11 is 0. The minimum Gasteiger partial charge on any atom is -0.748 e. The first kappa shape index (κ1) is 26.7. The largest absolute Gasteiger partial charge is 1.00 e. The van der Waals surface area contributed by atoms with Crippen LogP contribution in [0, 0.1) is 0 Å². The van der Waals surface area contributed by atoms with Gasteiger partial charge >= 0.3 is 51.4 Å². The van der Waals surface area contributed by atoms with E-state index in [1.54, 1.807) is 0 Å². The van der Waals surface area contributed by atoms with Gasteiger partial charge in [-0.1, -0.05) is 77.6 Å². The molecular formula is C17H35KO4S. The number of rotatable bonds is 16.